The van der Waals surface area contributed by atoms with E-state index in [-0.39, 0.29) is 18.3 Å². The van der Waals surface area contributed by atoms with Crippen LogP contribution < -0.4 is 5.32 Å². The number of amides is 1. The van der Waals surface area contributed by atoms with Gasteiger partial charge in [0.15, 0.2) is 0 Å². The molecule has 0 radical (unpaired) electrons. The Morgan fingerprint density at radius 2 is 2.20 bits per heavy atom. The Labute approximate surface area is 84.5 Å². The van der Waals surface area contributed by atoms with E-state index < -0.39 is 18.8 Å². The number of amidine groups is 1. The Morgan fingerprint density at radius 3 is 2.67 bits per heavy atom. The van der Waals surface area contributed by atoms with Gasteiger partial charge in [0.25, 0.3) is 0 Å². The fourth-order valence-corrected chi connectivity index (χ4v) is 1.12. The number of aliphatic imine (C=N–C) groups is 1. The second kappa shape index (κ2) is 4.61. The number of carbonyl (C=O) groups is 1. The lowest BCUT2D eigenvalue weighted by atomic mass is 10.2. The maximum atomic E-state index is 11.7. The van der Waals surface area contributed by atoms with E-state index in [0.717, 1.165) is 0 Å². The second-order valence-corrected chi connectivity index (χ2v) is 3.10. The van der Waals surface area contributed by atoms with Crippen LogP contribution in [-0.4, -0.2) is 37.2 Å². The summed E-state index contributed by atoms with van der Waals surface area (Å²) in [7, 11) is 0. The van der Waals surface area contributed by atoms with Crippen molar-refractivity contribution in [1.29, 1.82) is 0 Å². The lowest BCUT2D eigenvalue weighted by Crippen LogP contribution is -2.31. The number of ether oxygens (including phenoxy) is 1. The Morgan fingerprint density at radius 1 is 1.53 bits per heavy atom. The highest BCUT2D eigenvalue weighted by Crippen LogP contribution is 2.14. The molecule has 0 aromatic heterocycles. The molecule has 15 heavy (non-hydrogen) atoms. The predicted molar refractivity (Wildman–Crippen MR) is 46.5 cm³/mol. The summed E-state index contributed by atoms with van der Waals surface area (Å²) in [5, 5.41) is 2.36. The first-order valence-corrected chi connectivity index (χ1v) is 4.44. The minimum absolute atomic E-state index is 0.163. The zero-order valence-corrected chi connectivity index (χ0v) is 8.10. The third-order valence-electron chi connectivity index (χ3n) is 1.77. The van der Waals surface area contributed by atoms with Crippen LogP contribution in [0.25, 0.3) is 0 Å². The monoisotopic (exact) mass is 224 g/mol. The largest absolute Gasteiger partial charge is 0.411 e. The van der Waals surface area contributed by atoms with Gasteiger partial charge in [-0.2, -0.15) is 13.2 Å². The highest BCUT2D eigenvalue weighted by Gasteiger charge is 2.29. The van der Waals surface area contributed by atoms with Crippen LogP contribution in [-0.2, 0) is 9.53 Å². The van der Waals surface area contributed by atoms with E-state index >= 15 is 0 Å². The molecule has 1 atom stereocenters. The fraction of sp³-hybridized carbons (Fsp3) is 0.750. The van der Waals surface area contributed by atoms with E-state index in [4.69, 9.17) is 0 Å². The number of halogens is 3. The second-order valence-electron chi connectivity index (χ2n) is 3.10. The zero-order valence-electron chi connectivity index (χ0n) is 8.10. The van der Waals surface area contributed by atoms with Gasteiger partial charge in [-0.15, -0.1) is 0 Å². The van der Waals surface area contributed by atoms with Crippen LogP contribution in [0.2, 0.25) is 0 Å². The maximum Gasteiger partial charge on any atom is 0.411 e. The molecule has 1 heterocycles. The van der Waals surface area contributed by atoms with Gasteiger partial charge in [0.2, 0.25) is 5.91 Å². The van der Waals surface area contributed by atoms with E-state index in [0.29, 0.717) is 6.42 Å². The molecular weight excluding hydrogens is 213 g/mol. The average molecular weight is 224 g/mol. The van der Waals surface area contributed by atoms with Gasteiger partial charge in [-0.25, -0.2) is 0 Å². The van der Waals surface area contributed by atoms with Crippen molar-refractivity contribution in [3.05, 3.63) is 0 Å². The summed E-state index contributed by atoms with van der Waals surface area (Å²) in [6.07, 6.45) is -3.83. The quantitative estimate of drug-likeness (QED) is 0.770. The number of nitrogens with zero attached hydrogens (tertiary/aromatic N) is 1. The number of nitrogens with one attached hydrogen (secondary N) is 1. The van der Waals surface area contributed by atoms with Gasteiger partial charge in [0.1, 0.15) is 25.1 Å². The molecule has 0 aromatic rings. The molecule has 0 saturated carbocycles. The average Bonchev–Trinajstić information content (AvgIpc) is 2.44. The molecule has 0 fully saturated rings. The standard InChI is InChI=1S/C8H11F3N2O2/c1-2-5-7(14)13-6(12-5)3-15-4-8(9,10)11/h5H,2-4H2,1H3,(H,12,13,14). The first-order valence-electron chi connectivity index (χ1n) is 4.44. The van der Waals surface area contributed by atoms with Crippen LogP contribution in [0.5, 0.6) is 0 Å². The van der Waals surface area contributed by atoms with Crippen molar-refractivity contribution in [2.45, 2.75) is 25.6 Å². The van der Waals surface area contributed by atoms with Crippen LogP contribution >= 0.6 is 0 Å². The van der Waals surface area contributed by atoms with Gasteiger partial charge >= 0.3 is 6.18 Å². The molecular formula is C8H11F3N2O2. The van der Waals surface area contributed by atoms with Crippen LogP contribution in [0.1, 0.15) is 13.3 Å². The highest BCUT2D eigenvalue weighted by molar-refractivity contribution is 6.06. The normalized spacial score (nSPS) is 21.5. The summed E-state index contributed by atoms with van der Waals surface area (Å²) < 4.78 is 39.4. The van der Waals surface area contributed by atoms with Gasteiger partial charge in [0.05, 0.1) is 0 Å². The van der Waals surface area contributed by atoms with Crippen molar-refractivity contribution in [2.75, 3.05) is 13.2 Å². The number of hydrogen-bond donors (Lipinski definition) is 1. The Hall–Kier alpha value is -1.11. The molecule has 86 valence electrons. The molecule has 7 heteroatoms. The maximum absolute atomic E-state index is 11.7. The lowest BCUT2D eigenvalue weighted by Gasteiger charge is -2.06. The van der Waals surface area contributed by atoms with Crippen LogP contribution in [0, 0.1) is 0 Å². The molecule has 1 rings (SSSR count). The molecule has 0 aliphatic carbocycles. The van der Waals surface area contributed by atoms with Crippen LogP contribution in [0.15, 0.2) is 4.99 Å². The number of alkyl halides is 3. The van der Waals surface area contributed by atoms with E-state index in [1.807, 2.05) is 0 Å². The summed E-state index contributed by atoms with van der Waals surface area (Å²) >= 11 is 0. The molecule has 0 aromatic carbocycles. The SMILES string of the molecule is CCC1N=C(COCC(F)(F)F)NC1=O. The molecule has 1 unspecified atom stereocenters. The first-order chi connectivity index (χ1) is 6.92. The van der Waals surface area contributed by atoms with Crippen LogP contribution in [0.4, 0.5) is 13.2 Å². The van der Waals surface area contributed by atoms with Gasteiger partial charge in [-0.1, -0.05) is 6.92 Å². The predicted octanol–water partition coefficient (Wildman–Crippen LogP) is 0.872. The number of carbonyl (C=O) groups excluding carboxylic acids is 1. The van der Waals surface area contributed by atoms with Gasteiger partial charge in [-0.3, -0.25) is 9.79 Å². The minimum Gasteiger partial charge on any atom is -0.364 e. The lowest BCUT2D eigenvalue weighted by molar-refractivity contribution is -0.170. The first kappa shape index (κ1) is 12.0. The van der Waals surface area contributed by atoms with Crippen molar-refractivity contribution in [3.63, 3.8) is 0 Å². The van der Waals surface area contributed by atoms with Gasteiger partial charge < -0.3 is 10.1 Å². The van der Waals surface area contributed by atoms with E-state index in [2.05, 4.69) is 15.0 Å². The number of hydrogen-bond acceptors (Lipinski definition) is 3. The van der Waals surface area contributed by atoms with E-state index in [9.17, 15) is 18.0 Å². The smallest absolute Gasteiger partial charge is 0.364 e. The summed E-state index contributed by atoms with van der Waals surface area (Å²) in [6, 6.07) is -0.491. The molecule has 0 bridgehead atoms. The van der Waals surface area contributed by atoms with Crippen molar-refractivity contribution < 1.29 is 22.7 Å². The summed E-state index contributed by atoms with van der Waals surface area (Å²) in [6.45, 7) is 0.119. The summed E-state index contributed by atoms with van der Waals surface area (Å²) in [4.78, 5) is 14.9. The van der Waals surface area contributed by atoms with Crippen molar-refractivity contribution in [3.8, 4) is 0 Å². The molecule has 1 N–H and O–H groups in total. The van der Waals surface area contributed by atoms with E-state index in [1.165, 1.54) is 0 Å². The van der Waals surface area contributed by atoms with Crippen molar-refractivity contribution >= 4 is 11.7 Å². The molecule has 1 aliphatic rings. The molecule has 0 spiro atoms. The molecule has 1 aliphatic heterocycles. The third-order valence-corrected chi connectivity index (χ3v) is 1.77. The van der Waals surface area contributed by atoms with Crippen molar-refractivity contribution in [1.82, 2.24) is 5.32 Å². The number of rotatable bonds is 4. The fourth-order valence-electron chi connectivity index (χ4n) is 1.12. The van der Waals surface area contributed by atoms with Gasteiger partial charge in [0, 0.05) is 0 Å². The molecule has 1 amide bonds. The Kier molecular flexibility index (Phi) is 3.67. The zero-order chi connectivity index (χ0) is 11.5. The van der Waals surface area contributed by atoms with Crippen molar-refractivity contribution in [2.24, 2.45) is 4.99 Å². The topological polar surface area (TPSA) is 50.7 Å². The Bertz CT molecular complexity index is 276. The summed E-state index contributed by atoms with van der Waals surface area (Å²) in [5.74, 6) is -0.126. The van der Waals surface area contributed by atoms with Crippen LogP contribution in [0.3, 0.4) is 0 Å². The van der Waals surface area contributed by atoms with Gasteiger partial charge in [-0.05, 0) is 6.42 Å². The third kappa shape index (κ3) is 3.86. The highest BCUT2D eigenvalue weighted by atomic mass is 19.4. The minimum atomic E-state index is -4.35. The molecule has 4 nitrogen and oxygen atoms in total. The molecule has 0 saturated heterocycles. The summed E-state index contributed by atoms with van der Waals surface area (Å²) in [5.41, 5.74) is 0. The Balaban J connectivity index is 2.32. The van der Waals surface area contributed by atoms with E-state index in [1.54, 1.807) is 6.92 Å².